The molecule has 186 valence electrons. The molecule has 0 radical (unpaired) electrons. The molecule has 5 rings (SSSR count). The van der Waals surface area contributed by atoms with Gasteiger partial charge in [0.2, 0.25) is 11.8 Å². The zero-order valence-corrected chi connectivity index (χ0v) is 20.7. The van der Waals surface area contributed by atoms with Crippen LogP contribution in [0.1, 0.15) is 56.8 Å². The molecule has 4 aromatic rings. The van der Waals surface area contributed by atoms with Crippen LogP contribution in [0.3, 0.4) is 0 Å². The summed E-state index contributed by atoms with van der Waals surface area (Å²) in [7, 11) is 0. The van der Waals surface area contributed by atoms with Crippen molar-refractivity contribution in [2.45, 2.75) is 52.5 Å². The van der Waals surface area contributed by atoms with Gasteiger partial charge in [-0.15, -0.1) is 0 Å². The van der Waals surface area contributed by atoms with Crippen LogP contribution >= 0.6 is 0 Å². The molecule has 0 atom stereocenters. The van der Waals surface area contributed by atoms with Gasteiger partial charge in [-0.3, -0.25) is 14.7 Å². The van der Waals surface area contributed by atoms with Crippen LogP contribution in [0.4, 0.5) is 5.88 Å². The van der Waals surface area contributed by atoms with Gasteiger partial charge in [0.25, 0.3) is 0 Å². The Labute approximate surface area is 209 Å². The molecule has 7 nitrogen and oxygen atoms in total. The fraction of sp³-hybridized carbons (Fsp3) is 0.345. The summed E-state index contributed by atoms with van der Waals surface area (Å²) in [6, 6.07) is 14.3. The first-order valence-electron chi connectivity index (χ1n) is 12.5. The van der Waals surface area contributed by atoms with E-state index in [0.29, 0.717) is 28.6 Å². The smallest absolute Gasteiger partial charge is 0.341 e. The molecule has 1 fully saturated rings. The maximum absolute atomic E-state index is 13.5. The standard InChI is InChI=1S/C29H30N2O5/c1-17(2)31(27(32)21-8-6-18(3)7-9-21)28-22(29(33)34)15-25(36-28)19-10-12-20(13-11-19)26-16-23-24(35-26)5-4-14-30-23/h4-5,10-18,21H,6-9H2,1-3H3,(H,33,34)/t18-,21-. The number of carbonyl (C=O) groups is 2. The number of furan rings is 2. The van der Waals surface area contributed by atoms with Crippen LogP contribution in [0.25, 0.3) is 33.7 Å². The summed E-state index contributed by atoms with van der Waals surface area (Å²) in [5.41, 5.74) is 3.06. The number of amides is 1. The van der Waals surface area contributed by atoms with Crippen LogP contribution in [-0.4, -0.2) is 28.0 Å². The van der Waals surface area contributed by atoms with E-state index in [1.165, 1.54) is 11.0 Å². The molecule has 1 amide bonds. The zero-order valence-electron chi connectivity index (χ0n) is 20.7. The van der Waals surface area contributed by atoms with E-state index in [1.807, 2.05) is 56.3 Å². The van der Waals surface area contributed by atoms with Crippen LogP contribution in [0.5, 0.6) is 0 Å². The highest BCUT2D eigenvalue weighted by Gasteiger charge is 2.34. The Morgan fingerprint density at radius 3 is 2.19 bits per heavy atom. The highest BCUT2D eigenvalue weighted by molar-refractivity contribution is 6.02. The molecule has 36 heavy (non-hydrogen) atoms. The largest absolute Gasteiger partial charge is 0.477 e. The number of nitrogens with zero attached hydrogens (tertiary/aromatic N) is 2. The van der Waals surface area contributed by atoms with Gasteiger partial charge in [0, 0.05) is 41.4 Å². The van der Waals surface area contributed by atoms with Gasteiger partial charge in [-0.1, -0.05) is 31.2 Å². The monoisotopic (exact) mass is 486 g/mol. The molecule has 1 aromatic carbocycles. The van der Waals surface area contributed by atoms with Gasteiger partial charge in [-0.2, -0.15) is 0 Å². The van der Waals surface area contributed by atoms with Crippen LogP contribution < -0.4 is 4.90 Å². The second-order valence-corrected chi connectivity index (χ2v) is 9.97. The quantitative estimate of drug-likeness (QED) is 0.314. The summed E-state index contributed by atoms with van der Waals surface area (Å²) in [6.45, 7) is 5.97. The Morgan fingerprint density at radius 2 is 1.61 bits per heavy atom. The van der Waals surface area contributed by atoms with Crippen LogP contribution in [-0.2, 0) is 4.79 Å². The number of carboxylic acids is 1. The molecular weight excluding hydrogens is 456 g/mol. The number of fused-ring (bicyclic) bond motifs is 1. The maximum Gasteiger partial charge on any atom is 0.341 e. The van der Waals surface area contributed by atoms with Crippen molar-refractivity contribution in [3.8, 4) is 22.6 Å². The third-order valence-electron chi connectivity index (χ3n) is 7.02. The van der Waals surface area contributed by atoms with Crippen molar-refractivity contribution < 1.29 is 23.5 Å². The number of hydrogen-bond donors (Lipinski definition) is 1. The Balaban J connectivity index is 1.46. The fourth-order valence-corrected chi connectivity index (χ4v) is 4.96. The van der Waals surface area contributed by atoms with Crippen LogP contribution in [0, 0.1) is 11.8 Å². The summed E-state index contributed by atoms with van der Waals surface area (Å²) < 4.78 is 12.0. The number of rotatable bonds is 6. The van der Waals surface area contributed by atoms with Gasteiger partial charge in [0.1, 0.15) is 22.6 Å². The van der Waals surface area contributed by atoms with Crippen molar-refractivity contribution in [3.05, 3.63) is 60.3 Å². The number of anilines is 1. The van der Waals surface area contributed by atoms with E-state index < -0.39 is 5.97 Å². The average Bonchev–Trinajstić information content (AvgIpc) is 3.49. The van der Waals surface area contributed by atoms with E-state index in [-0.39, 0.29) is 29.3 Å². The average molecular weight is 487 g/mol. The summed E-state index contributed by atoms with van der Waals surface area (Å²) >= 11 is 0. The summed E-state index contributed by atoms with van der Waals surface area (Å²) in [5, 5.41) is 9.93. The molecule has 0 spiro atoms. The molecular formula is C29H30N2O5. The van der Waals surface area contributed by atoms with E-state index in [4.69, 9.17) is 8.83 Å². The first kappa shape index (κ1) is 23.9. The summed E-state index contributed by atoms with van der Waals surface area (Å²) in [6.07, 6.45) is 5.37. The SMILES string of the molecule is CC(C)N(c1oc(-c2ccc(-c3cc4ncccc4o3)cc2)cc1C(=O)O)C(=O)[C@H]1CC[C@H](C)CC1. The second kappa shape index (κ2) is 9.64. The summed E-state index contributed by atoms with van der Waals surface area (Å²) in [5.74, 6) is 0.511. The van der Waals surface area contributed by atoms with E-state index in [0.717, 1.165) is 36.8 Å². The minimum Gasteiger partial charge on any atom is -0.477 e. The Morgan fingerprint density at radius 1 is 0.972 bits per heavy atom. The van der Waals surface area contributed by atoms with Crippen LogP contribution in [0.15, 0.2) is 63.6 Å². The van der Waals surface area contributed by atoms with E-state index >= 15 is 0 Å². The number of carboxylic acid groups (broad SMARTS) is 1. The molecule has 0 bridgehead atoms. The fourth-order valence-electron chi connectivity index (χ4n) is 4.96. The zero-order chi connectivity index (χ0) is 25.4. The molecule has 7 heteroatoms. The molecule has 3 aromatic heterocycles. The third kappa shape index (κ3) is 4.53. The number of benzene rings is 1. The topological polar surface area (TPSA) is 96.8 Å². The van der Waals surface area contributed by atoms with Gasteiger partial charge in [0.05, 0.1) is 0 Å². The first-order valence-corrected chi connectivity index (χ1v) is 12.5. The predicted octanol–water partition coefficient (Wildman–Crippen LogP) is 7.02. The van der Waals surface area contributed by atoms with Gasteiger partial charge in [0.15, 0.2) is 5.58 Å². The van der Waals surface area contributed by atoms with Crippen molar-refractivity contribution >= 4 is 28.9 Å². The number of aromatic nitrogens is 1. The van der Waals surface area contributed by atoms with Gasteiger partial charge in [-0.25, -0.2) is 4.79 Å². The Hall–Kier alpha value is -3.87. The van der Waals surface area contributed by atoms with Gasteiger partial charge in [-0.05, 0) is 57.6 Å². The second-order valence-electron chi connectivity index (χ2n) is 9.97. The minimum atomic E-state index is -1.12. The minimum absolute atomic E-state index is 0.0105. The van der Waals surface area contributed by atoms with E-state index in [2.05, 4.69) is 11.9 Å². The third-order valence-corrected chi connectivity index (χ3v) is 7.02. The lowest BCUT2D eigenvalue weighted by Gasteiger charge is -2.32. The highest BCUT2D eigenvalue weighted by Crippen LogP contribution is 2.37. The first-order chi connectivity index (χ1) is 17.3. The molecule has 0 unspecified atom stereocenters. The molecule has 1 saturated carbocycles. The Kier molecular flexibility index (Phi) is 6.39. The lowest BCUT2D eigenvalue weighted by Crippen LogP contribution is -2.42. The number of aromatic carboxylic acids is 1. The summed E-state index contributed by atoms with van der Waals surface area (Å²) in [4.78, 5) is 31.5. The predicted molar refractivity (Wildman–Crippen MR) is 138 cm³/mol. The lowest BCUT2D eigenvalue weighted by atomic mass is 9.82. The van der Waals surface area contributed by atoms with E-state index in [1.54, 1.807) is 6.20 Å². The molecule has 0 aliphatic heterocycles. The molecule has 1 aliphatic carbocycles. The van der Waals surface area contributed by atoms with Gasteiger partial charge >= 0.3 is 5.97 Å². The maximum atomic E-state index is 13.5. The van der Waals surface area contributed by atoms with Crippen molar-refractivity contribution in [2.24, 2.45) is 11.8 Å². The number of pyridine rings is 1. The molecule has 3 heterocycles. The molecule has 1 aliphatic rings. The Bertz CT molecular complexity index is 1360. The van der Waals surface area contributed by atoms with Crippen molar-refractivity contribution in [1.82, 2.24) is 4.98 Å². The molecule has 1 N–H and O–H groups in total. The normalized spacial score (nSPS) is 18.0. The number of carbonyl (C=O) groups excluding carboxylic acids is 1. The van der Waals surface area contributed by atoms with E-state index in [9.17, 15) is 14.7 Å². The van der Waals surface area contributed by atoms with Gasteiger partial charge < -0.3 is 13.9 Å². The van der Waals surface area contributed by atoms with Crippen LogP contribution in [0.2, 0.25) is 0 Å². The van der Waals surface area contributed by atoms with Crippen molar-refractivity contribution in [3.63, 3.8) is 0 Å². The lowest BCUT2D eigenvalue weighted by molar-refractivity contribution is -0.124. The highest BCUT2D eigenvalue weighted by atomic mass is 16.4. The number of hydrogen-bond acceptors (Lipinski definition) is 5. The molecule has 0 saturated heterocycles. The van der Waals surface area contributed by atoms with Crippen molar-refractivity contribution in [1.29, 1.82) is 0 Å². The van der Waals surface area contributed by atoms with Crippen molar-refractivity contribution in [2.75, 3.05) is 4.90 Å².